The minimum absolute atomic E-state index is 0.153. The number of aromatic nitrogens is 2. The third-order valence-electron chi connectivity index (χ3n) is 4.44. The maximum atomic E-state index is 6.21. The van der Waals surface area contributed by atoms with Crippen LogP contribution >= 0.6 is 0 Å². The highest BCUT2D eigenvalue weighted by Crippen LogP contribution is 2.37. The van der Waals surface area contributed by atoms with Gasteiger partial charge in [-0.25, -0.2) is 0 Å². The van der Waals surface area contributed by atoms with E-state index >= 15 is 0 Å². The van der Waals surface area contributed by atoms with E-state index in [0.29, 0.717) is 6.04 Å². The van der Waals surface area contributed by atoms with E-state index in [2.05, 4.69) is 48.5 Å². The lowest BCUT2D eigenvalue weighted by atomic mass is 10.1. The van der Waals surface area contributed by atoms with Crippen LogP contribution in [0.2, 0.25) is 0 Å². The Bertz CT molecular complexity index is 629. The zero-order chi connectivity index (χ0) is 14.3. The topological polar surface area (TPSA) is 55.9 Å². The SMILES string of the molecule is Cc1nn(C)c(C)c1CNC1CC(N)c2ccccc21. The molecule has 1 aromatic carbocycles. The number of nitrogens with zero attached hydrogens (tertiary/aromatic N) is 2. The Hall–Kier alpha value is -1.65. The first-order valence-corrected chi connectivity index (χ1v) is 7.14. The van der Waals surface area contributed by atoms with Crippen LogP contribution < -0.4 is 11.1 Å². The summed E-state index contributed by atoms with van der Waals surface area (Å²) in [5.74, 6) is 0. The Morgan fingerprint density at radius 2 is 2.00 bits per heavy atom. The first kappa shape index (κ1) is 13.3. The molecule has 1 aliphatic rings. The van der Waals surface area contributed by atoms with Crippen molar-refractivity contribution in [3.05, 3.63) is 52.3 Å². The molecule has 20 heavy (non-hydrogen) atoms. The fourth-order valence-electron chi connectivity index (χ4n) is 3.17. The summed E-state index contributed by atoms with van der Waals surface area (Å²) in [6, 6.07) is 8.98. The molecule has 4 heteroatoms. The highest BCUT2D eigenvalue weighted by molar-refractivity contribution is 5.37. The van der Waals surface area contributed by atoms with Gasteiger partial charge in [0, 0.05) is 36.9 Å². The summed E-state index contributed by atoms with van der Waals surface area (Å²) in [4.78, 5) is 0. The van der Waals surface area contributed by atoms with Crippen molar-refractivity contribution in [1.82, 2.24) is 15.1 Å². The lowest BCUT2D eigenvalue weighted by Crippen LogP contribution is -2.20. The summed E-state index contributed by atoms with van der Waals surface area (Å²) < 4.78 is 1.95. The van der Waals surface area contributed by atoms with Crippen LogP contribution in [0.15, 0.2) is 24.3 Å². The van der Waals surface area contributed by atoms with Gasteiger partial charge in [-0.2, -0.15) is 5.10 Å². The fraction of sp³-hybridized carbons (Fsp3) is 0.438. The Kier molecular flexibility index (Phi) is 3.36. The molecule has 4 nitrogen and oxygen atoms in total. The molecule has 2 atom stereocenters. The summed E-state index contributed by atoms with van der Waals surface area (Å²) in [6.07, 6.45) is 0.970. The van der Waals surface area contributed by atoms with Gasteiger partial charge in [-0.05, 0) is 31.4 Å². The van der Waals surface area contributed by atoms with Crippen molar-refractivity contribution in [2.45, 2.75) is 38.9 Å². The van der Waals surface area contributed by atoms with Crippen molar-refractivity contribution in [1.29, 1.82) is 0 Å². The van der Waals surface area contributed by atoms with Crippen LogP contribution in [-0.4, -0.2) is 9.78 Å². The summed E-state index contributed by atoms with van der Waals surface area (Å²) in [5, 5.41) is 8.11. The minimum atomic E-state index is 0.153. The van der Waals surface area contributed by atoms with Crippen molar-refractivity contribution in [3.63, 3.8) is 0 Å². The molecule has 106 valence electrons. The van der Waals surface area contributed by atoms with Gasteiger partial charge in [0.25, 0.3) is 0 Å². The number of hydrogen-bond donors (Lipinski definition) is 2. The molecule has 1 heterocycles. The van der Waals surface area contributed by atoms with E-state index in [4.69, 9.17) is 5.73 Å². The molecule has 1 aromatic heterocycles. The van der Waals surface area contributed by atoms with Gasteiger partial charge < -0.3 is 11.1 Å². The molecule has 0 spiro atoms. The van der Waals surface area contributed by atoms with E-state index in [1.54, 1.807) is 0 Å². The molecule has 3 rings (SSSR count). The molecule has 0 saturated heterocycles. The van der Waals surface area contributed by atoms with Gasteiger partial charge in [0.2, 0.25) is 0 Å². The fourth-order valence-corrected chi connectivity index (χ4v) is 3.17. The quantitative estimate of drug-likeness (QED) is 0.899. The van der Waals surface area contributed by atoms with Crippen LogP contribution in [0.4, 0.5) is 0 Å². The van der Waals surface area contributed by atoms with Crippen LogP contribution in [0.25, 0.3) is 0 Å². The molecule has 0 bridgehead atoms. The highest BCUT2D eigenvalue weighted by atomic mass is 15.3. The third-order valence-corrected chi connectivity index (χ3v) is 4.44. The summed E-state index contributed by atoms with van der Waals surface area (Å²) in [7, 11) is 1.99. The molecule has 2 aromatic rings. The Morgan fingerprint density at radius 3 is 2.65 bits per heavy atom. The lowest BCUT2D eigenvalue weighted by Gasteiger charge is -2.14. The molecule has 2 unspecified atom stereocenters. The van der Waals surface area contributed by atoms with Gasteiger partial charge in [-0.1, -0.05) is 24.3 Å². The van der Waals surface area contributed by atoms with Gasteiger partial charge >= 0.3 is 0 Å². The van der Waals surface area contributed by atoms with Crippen molar-refractivity contribution >= 4 is 0 Å². The summed E-state index contributed by atoms with van der Waals surface area (Å²) >= 11 is 0. The normalized spacial score (nSPS) is 21.2. The van der Waals surface area contributed by atoms with E-state index in [9.17, 15) is 0 Å². The van der Waals surface area contributed by atoms with E-state index < -0.39 is 0 Å². The minimum Gasteiger partial charge on any atom is -0.324 e. The molecule has 1 aliphatic carbocycles. The number of aryl methyl sites for hydroxylation is 2. The molecule has 0 aliphatic heterocycles. The molecule has 0 fully saturated rings. The van der Waals surface area contributed by atoms with Gasteiger partial charge in [-0.3, -0.25) is 4.68 Å². The second kappa shape index (κ2) is 5.04. The third kappa shape index (κ3) is 2.15. The van der Waals surface area contributed by atoms with Crippen molar-refractivity contribution < 1.29 is 0 Å². The number of nitrogens with one attached hydrogen (secondary N) is 1. The standard InChI is InChI=1S/C16H22N4/c1-10-14(11(2)20(3)19-10)9-18-16-8-15(17)12-6-4-5-7-13(12)16/h4-7,15-16,18H,8-9,17H2,1-3H3. The Balaban J connectivity index is 1.77. The summed E-state index contributed by atoms with van der Waals surface area (Å²) in [5.41, 5.74) is 12.5. The Labute approximate surface area is 120 Å². The van der Waals surface area contributed by atoms with Crippen LogP contribution in [0.3, 0.4) is 0 Å². The van der Waals surface area contributed by atoms with E-state index in [0.717, 1.165) is 18.7 Å². The monoisotopic (exact) mass is 270 g/mol. The van der Waals surface area contributed by atoms with E-state index in [1.165, 1.54) is 22.4 Å². The van der Waals surface area contributed by atoms with Gasteiger partial charge in [-0.15, -0.1) is 0 Å². The zero-order valence-corrected chi connectivity index (χ0v) is 12.4. The molecule has 0 radical (unpaired) electrons. The van der Waals surface area contributed by atoms with Crippen LogP contribution in [0.5, 0.6) is 0 Å². The highest BCUT2D eigenvalue weighted by Gasteiger charge is 2.28. The maximum Gasteiger partial charge on any atom is 0.0641 e. The number of hydrogen-bond acceptors (Lipinski definition) is 3. The first-order valence-electron chi connectivity index (χ1n) is 7.14. The predicted octanol–water partition coefficient (Wildman–Crippen LogP) is 2.27. The average molecular weight is 270 g/mol. The van der Waals surface area contributed by atoms with Crippen LogP contribution in [-0.2, 0) is 13.6 Å². The molecular weight excluding hydrogens is 248 g/mol. The second-order valence-electron chi connectivity index (χ2n) is 5.68. The molecule has 0 saturated carbocycles. The van der Waals surface area contributed by atoms with E-state index in [1.807, 2.05) is 11.7 Å². The average Bonchev–Trinajstić information content (AvgIpc) is 2.87. The number of fused-ring (bicyclic) bond motifs is 1. The molecule has 0 amide bonds. The second-order valence-corrected chi connectivity index (χ2v) is 5.68. The molecule has 3 N–H and O–H groups in total. The number of benzene rings is 1. The van der Waals surface area contributed by atoms with Gasteiger partial charge in [0.15, 0.2) is 0 Å². The largest absolute Gasteiger partial charge is 0.324 e. The van der Waals surface area contributed by atoms with Gasteiger partial charge in [0.1, 0.15) is 0 Å². The Morgan fingerprint density at radius 1 is 1.30 bits per heavy atom. The number of rotatable bonds is 3. The van der Waals surface area contributed by atoms with Crippen molar-refractivity contribution in [2.75, 3.05) is 0 Å². The van der Waals surface area contributed by atoms with Crippen LogP contribution in [0.1, 0.15) is 46.6 Å². The van der Waals surface area contributed by atoms with Crippen LogP contribution in [0, 0.1) is 13.8 Å². The van der Waals surface area contributed by atoms with Crippen molar-refractivity contribution in [3.8, 4) is 0 Å². The van der Waals surface area contributed by atoms with Gasteiger partial charge in [0.05, 0.1) is 5.69 Å². The summed E-state index contributed by atoms with van der Waals surface area (Å²) in [6.45, 7) is 5.03. The first-order chi connectivity index (χ1) is 9.58. The maximum absolute atomic E-state index is 6.21. The number of nitrogens with two attached hydrogens (primary N) is 1. The smallest absolute Gasteiger partial charge is 0.0641 e. The van der Waals surface area contributed by atoms with E-state index in [-0.39, 0.29) is 6.04 Å². The predicted molar refractivity (Wildman–Crippen MR) is 80.3 cm³/mol. The zero-order valence-electron chi connectivity index (χ0n) is 12.4. The van der Waals surface area contributed by atoms with Crippen molar-refractivity contribution in [2.24, 2.45) is 12.8 Å². The molecular formula is C16H22N4. The lowest BCUT2D eigenvalue weighted by molar-refractivity contribution is 0.497.